The number of aliphatic hydroxyl groups is 1. The standard InChI is InChI=1S/C23H29NO3/c1-16(2)14-24(15-17(3)4)23(27)20-13-9-8-12-19(20)22(26)21(25)18-10-6-5-7-11-18/h5-13,16-17,21,25H,14-15H2,1-4H3. The Hall–Kier alpha value is -2.46. The summed E-state index contributed by atoms with van der Waals surface area (Å²) in [5.74, 6) is 0.0248. The van der Waals surface area contributed by atoms with Crippen molar-refractivity contribution in [2.75, 3.05) is 13.1 Å². The van der Waals surface area contributed by atoms with E-state index in [9.17, 15) is 14.7 Å². The smallest absolute Gasteiger partial charge is 0.254 e. The molecule has 27 heavy (non-hydrogen) atoms. The summed E-state index contributed by atoms with van der Waals surface area (Å²) < 4.78 is 0. The van der Waals surface area contributed by atoms with Gasteiger partial charge in [0, 0.05) is 18.7 Å². The first-order chi connectivity index (χ1) is 12.8. The lowest BCUT2D eigenvalue weighted by molar-refractivity contribution is 0.0692. The molecule has 0 heterocycles. The van der Waals surface area contributed by atoms with Gasteiger partial charge in [0.05, 0.1) is 5.56 Å². The van der Waals surface area contributed by atoms with Crippen LogP contribution in [-0.2, 0) is 0 Å². The molecule has 2 rings (SSSR count). The van der Waals surface area contributed by atoms with Crippen LogP contribution in [0.2, 0.25) is 0 Å². The van der Waals surface area contributed by atoms with Crippen LogP contribution in [0.4, 0.5) is 0 Å². The summed E-state index contributed by atoms with van der Waals surface area (Å²) in [6, 6.07) is 15.5. The van der Waals surface area contributed by atoms with Gasteiger partial charge in [-0.25, -0.2) is 0 Å². The number of amides is 1. The van der Waals surface area contributed by atoms with Crippen molar-refractivity contribution in [2.45, 2.75) is 33.8 Å². The van der Waals surface area contributed by atoms with Gasteiger partial charge in [-0.3, -0.25) is 9.59 Å². The molecule has 2 aromatic rings. The highest BCUT2D eigenvalue weighted by molar-refractivity contribution is 6.09. The van der Waals surface area contributed by atoms with Crippen LogP contribution in [-0.4, -0.2) is 34.8 Å². The number of hydrogen-bond donors (Lipinski definition) is 1. The minimum absolute atomic E-state index is 0.165. The Morgan fingerprint density at radius 1 is 0.815 bits per heavy atom. The van der Waals surface area contributed by atoms with Gasteiger partial charge >= 0.3 is 0 Å². The molecule has 2 aromatic carbocycles. The van der Waals surface area contributed by atoms with Crippen LogP contribution >= 0.6 is 0 Å². The van der Waals surface area contributed by atoms with Crippen molar-refractivity contribution in [2.24, 2.45) is 11.8 Å². The number of ketones is 1. The van der Waals surface area contributed by atoms with Crippen LogP contribution in [0.5, 0.6) is 0 Å². The fraction of sp³-hybridized carbons (Fsp3) is 0.391. The molecule has 0 saturated carbocycles. The maximum Gasteiger partial charge on any atom is 0.254 e. The molecule has 1 N–H and O–H groups in total. The summed E-state index contributed by atoms with van der Waals surface area (Å²) in [6.07, 6.45) is -1.29. The van der Waals surface area contributed by atoms with Crippen LogP contribution in [0.3, 0.4) is 0 Å². The van der Waals surface area contributed by atoms with Crippen LogP contribution in [0.25, 0.3) is 0 Å². The van der Waals surface area contributed by atoms with E-state index in [1.54, 1.807) is 53.4 Å². The number of benzene rings is 2. The molecule has 1 unspecified atom stereocenters. The predicted molar refractivity (Wildman–Crippen MR) is 108 cm³/mol. The minimum Gasteiger partial charge on any atom is -0.380 e. The number of rotatable bonds is 8. The van der Waals surface area contributed by atoms with E-state index in [0.717, 1.165) is 0 Å². The van der Waals surface area contributed by atoms with Gasteiger partial charge in [0.2, 0.25) is 0 Å². The maximum atomic E-state index is 13.2. The van der Waals surface area contributed by atoms with Crippen molar-refractivity contribution in [3.63, 3.8) is 0 Å². The monoisotopic (exact) mass is 367 g/mol. The maximum absolute atomic E-state index is 13.2. The summed E-state index contributed by atoms with van der Waals surface area (Å²) in [5.41, 5.74) is 1.13. The van der Waals surface area contributed by atoms with E-state index in [0.29, 0.717) is 36.1 Å². The van der Waals surface area contributed by atoms with E-state index < -0.39 is 11.9 Å². The molecule has 4 nitrogen and oxygen atoms in total. The van der Waals surface area contributed by atoms with Crippen LogP contribution in [0.15, 0.2) is 54.6 Å². The number of carbonyl (C=O) groups is 2. The number of nitrogens with zero attached hydrogens (tertiary/aromatic N) is 1. The molecule has 0 aliphatic carbocycles. The molecule has 0 saturated heterocycles. The SMILES string of the molecule is CC(C)CN(CC(C)C)C(=O)c1ccccc1C(=O)C(O)c1ccccc1. The van der Waals surface area contributed by atoms with E-state index in [2.05, 4.69) is 27.7 Å². The highest BCUT2D eigenvalue weighted by Gasteiger charge is 2.26. The average molecular weight is 367 g/mol. The zero-order valence-electron chi connectivity index (χ0n) is 16.6. The second-order valence-corrected chi connectivity index (χ2v) is 7.72. The molecular weight excluding hydrogens is 338 g/mol. The van der Waals surface area contributed by atoms with Gasteiger partial charge in [-0.15, -0.1) is 0 Å². The summed E-state index contributed by atoms with van der Waals surface area (Å²) in [4.78, 5) is 27.9. The Bertz CT molecular complexity index is 758. The van der Waals surface area contributed by atoms with Gasteiger partial charge in [0.1, 0.15) is 6.10 Å². The fourth-order valence-corrected chi connectivity index (χ4v) is 3.11. The van der Waals surface area contributed by atoms with Crippen LogP contribution in [0.1, 0.15) is 60.1 Å². The van der Waals surface area contributed by atoms with Crippen molar-refractivity contribution in [3.05, 3.63) is 71.3 Å². The third kappa shape index (κ3) is 5.51. The van der Waals surface area contributed by atoms with Crippen molar-refractivity contribution in [1.29, 1.82) is 0 Å². The normalized spacial score (nSPS) is 12.3. The van der Waals surface area contributed by atoms with Gasteiger partial charge in [-0.05, 0) is 23.5 Å². The number of carbonyl (C=O) groups excluding carboxylic acids is 2. The first-order valence-corrected chi connectivity index (χ1v) is 9.46. The van der Waals surface area contributed by atoms with Crippen LogP contribution < -0.4 is 0 Å². The van der Waals surface area contributed by atoms with Gasteiger partial charge in [-0.2, -0.15) is 0 Å². The molecule has 144 valence electrons. The van der Waals surface area contributed by atoms with Crippen molar-refractivity contribution < 1.29 is 14.7 Å². The summed E-state index contributed by atoms with van der Waals surface area (Å²) in [7, 11) is 0. The molecule has 0 aromatic heterocycles. The molecule has 0 aliphatic rings. The Balaban J connectivity index is 2.35. The molecule has 0 fully saturated rings. The first kappa shape index (κ1) is 20.8. The lowest BCUT2D eigenvalue weighted by Gasteiger charge is -2.27. The van der Waals surface area contributed by atoms with Gasteiger partial charge in [0.25, 0.3) is 5.91 Å². The molecule has 0 aliphatic heterocycles. The Kier molecular flexibility index (Phi) is 7.31. The molecular formula is C23H29NO3. The molecule has 0 spiro atoms. The minimum atomic E-state index is -1.29. The molecule has 4 heteroatoms. The largest absolute Gasteiger partial charge is 0.380 e. The van der Waals surface area contributed by atoms with Gasteiger partial charge in [0.15, 0.2) is 5.78 Å². The zero-order valence-corrected chi connectivity index (χ0v) is 16.6. The molecule has 1 amide bonds. The number of Topliss-reactive ketones (excluding diaryl/α,β-unsaturated/α-hetero) is 1. The fourth-order valence-electron chi connectivity index (χ4n) is 3.11. The van der Waals surface area contributed by atoms with E-state index >= 15 is 0 Å². The Morgan fingerprint density at radius 2 is 1.30 bits per heavy atom. The first-order valence-electron chi connectivity index (χ1n) is 9.46. The topological polar surface area (TPSA) is 57.6 Å². The molecule has 0 radical (unpaired) electrons. The van der Waals surface area contributed by atoms with Crippen molar-refractivity contribution >= 4 is 11.7 Å². The number of aliphatic hydroxyl groups excluding tert-OH is 1. The van der Waals surface area contributed by atoms with Crippen molar-refractivity contribution in [1.82, 2.24) is 4.90 Å². The molecule has 1 atom stereocenters. The van der Waals surface area contributed by atoms with Crippen molar-refractivity contribution in [3.8, 4) is 0 Å². The lowest BCUT2D eigenvalue weighted by Crippen LogP contribution is -2.37. The quantitative estimate of drug-likeness (QED) is 0.706. The lowest BCUT2D eigenvalue weighted by atomic mass is 9.95. The van der Waals surface area contributed by atoms with E-state index in [4.69, 9.17) is 0 Å². The Morgan fingerprint density at radius 3 is 1.81 bits per heavy atom. The summed E-state index contributed by atoms with van der Waals surface area (Å²) in [5, 5.41) is 10.5. The second-order valence-electron chi connectivity index (χ2n) is 7.72. The highest BCUT2D eigenvalue weighted by atomic mass is 16.3. The average Bonchev–Trinajstić information content (AvgIpc) is 2.65. The van der Waals surface area contributed by atoms with E-state index in [1.165, 1.54) is 0 Å². The van der Waals surface area contributed by atoms with Gasteiger partial charge < -0.3 is 10.0 Å². The highest BCUT2D eigenvalue weighted by Crippen LogP contribution is 2.22. The predicted octanol–water partition coefficient (Wildman–Crippen LogP) is 4.36. The Labute approximate surface area is 161 Å². The summed E-state index contributed by atoms with van der Waals surface area (Å²) in [6.45, 7) is 9.52. The zero-order chi connectivity index (χ0) is 20.0. The third-order valence-corrected chi connectivity index (χ3v) is 4.24. The number of hydrogen-bond acceptors (Lipinski definition) is 3. The second kappa shape index (κ2) is 9.47. The van der Waals surface area contributed by atoms with Gasteiger partial charge in [-0.1, -0.05) is 76.2 Å². The molecule has 0 bridgehead atoms. The van der Waals surface area contributed by atoms with E-state index in [1.807, 2.05) is 6.07 Å². The van der Waals surface area contributed by atoms with E-state index in [-0.39, 0.29) is 11.5 Å². The summed E-state index contributed by atoms with van der Waals surface area (Å²) >= 11 is 0. The third-order valence-electron chi connectivity index (χ3n) is 4.24. The van der Waals surface area contributed by atoms with Crippen LogP contribution in [0, 0.1) is 11.8 Å².